The SMILES string of the molecule is C[C@@H](N)c1ccc(NS(C)(=O)=O)cc1. The Balaban J connectivity index is 2.84. The number of anilines is 1. The fraction of sp³-hybridized carbons (Fsp3) is 0.333. The van der Waals surface area contributed by atoms with Crippen LogP contribution >= 0.6 is 0 Å². The van der Waals surface area contributed by atoms with Gasteiger partial charge in [-0.1, -0.05) is 12.1 Å². The molecular weight excluding hydrogens is 200 g/mol. The number of rotatable bonds is 3. The van der Waals surface area contributed by atoms with Crippen LogP contribution in [0.5, 0.6) is 0 Å². The van der Waals surface area contributed by atoms with Gasteiger partial charge in [0.15, 0.2) is 0 Å². The van der Waals surface area contributed by atoms with Gasteiger partial charge in [-0.2, -0.15) is 0 Å². The number of hydrogen-bond acceptors (Lipinski definition) is 3. The molecule has 0 fully saturated rings. The minimum absolute atomic E-state index is 0.0396. The molecule has 1 aromatic carbocycles. The second-order valence-electron chi connectivity index (χ2n) is 3.28. The normalized spacial score (nSPS) is 13.6. The molecule has 0 aromatic heterocycles. The average Bonchev–Trinajstić information content (AvgIpc) is 2.02. The first-order valence-electron chi connectivity index (χ1n) is 4.22. The molecule has 5 heteroatoms. The minimum atomic E-state index is -3.19. The first kappa shape index (κ1) is 11.0. The number of nitrogens with one attached hydrogen (secondary N) is 1. The standard InChI is InChI=1S/C9H14N2O2S/c1-7(10)8-3-5-9(6-4-8)11-14(2,12)13/h3-7,11H,10H2,1-2H3/t7-/m1/s1. The third kappa shape index (κ3) is 3.35. The number of hydrogen-bond donors (Lipinski definition) is 2. The summed E-state index contributed by atoms with van der Waals surface area (Å²) in [5, 5.41) is 0. The molecule has 1 aromatic rings. The Kier molecular flexibility index (Phi) is 3.13. The Labute approximate surface area is 84.2 Å². The third-order valence-corrected chi connectivity index (χ3v) is 2.35. The summed E-state index contributed by atoms with van der Waals surface area (Å²) >= 11 is 0. The van der Waals surface area contributed by atoms with E-state index in [0.29, 0.717) is 5.69 Å². The van der Waals surface area contributed by atoms with E-state index in [0.717, 1.165) is 11.8 Å². The summed E-state index contributed by atoms with van der Waals surface area (Å²) in [5.74, 6) is 0. The van der Waals surface area contributed by atoms with E-state index < -0.39 is 10.0 Å². The summed E-state index contributed by atoms with van der Waals surface area (Å²) < 4.78 is 24.1. The first-order valence-corrected chi connectivity index (χ1v) is 6.11. The van der Waals surface area contributed by atoms with Crippen LogP contribution in [0.25, 0.3) is 0 Å². The van der Waals surface area contributed by atoms with E-state index in [1.54, 1.807) is 24.3 Å². The van der Waals surface area contributed by atoms with Crippen LogP contribution < -0.4 is 10.5 Å². The lowest BCUT2D eigenvalue weighted by Gasteiger charge is -2.07. The molecule has 0 aliphatic heterocycles. The molecule has 0 saturated heterocycles. The Hall–Kier alpha value is -1.07. The molecule has 0 radical (unpaired) electrons. The molecule has 1 atom stereocenters. The van der Waals surface area contributed by atoms with Gasteiger partial charge in [0.1, 0.15) is 0 Å². The molecule has 78 valence electrons. The van der Waals surface area contributed by atoms with Crippen molar-refractivity contribution in [3.05, 3.63) is 29.8 Å². The zero-order valence-electron chi connectivity index (χ0n) is 8.19. The summed E-state index contributed by atoms with van der Waals surface area (Å²) in [6, 6.07) is 6.96. The molecule has 4 nitrogen and oxygen atoms in total. The Bertz CT molecular complexity index is 395. The van der Waals surface area contributed by atoms with Gasteiger partial charge in [-0.25, -0.2) is 8.42 Å². The van der Waals surface area contributed by atoms with Crippen LogP contribution in [0.15, 0.2) is 24.3 Å². The van der Waals surface area contributed by atoms with Crippen molar-refractivity contribution in [1.82, 2.24) is 0 Å². The molecule has 1 rings (SSSR count). The molecule has 0 bridgehead atoms. The Morgan fingerprint density at radius 3 is 2.14 bits per heavy atom. The predicted octanol–water partition coefficient (Wildman–Crippen LogP) is 1.08. The van der Waals surface area contributed by atoms with Crippen molar-refractivity contribution < 1.29 is 8.42 Å². The van der Waals surface area contributed by atoms with E-state index in [1.807, 2.05) is 6.92 Å². The van der Waals surface area contributed by atoms with E-state index in [1.165, 1.54) is 0 Å². The summed E-state index contributed by atoms with van der Waals surface area (Å²) in [5.41, 5.74) is 7.18. The minimum Gasteiger partial charge on any atom is -0.324 e. The van der Waals surface area contributed by atoms with Crippen LogP contribution in [-0.4, -0.2) is 14.7 Å². The largest absolute Gasteiger partial charge is 0.324 e. The highest BCUT2D eigenvalue weighted by atomic mass is 32.2. The lowest BCUT2D eigenvalue weighted by Crippen LogP contribution is -2.10. The van der Waals surface area contributed by atoms with Crippen molar-refractivity contribution in [2.24, 2.45) is 5.73 Å². The van der Waals surface area contributed by atoms with Crippen LogP contribution in [0.3, 0.4) is 0 Å². The molecule has 14 heavy (non-hydrogen) atoms. The van der Waals surface area contributed by atoms with E-state index in [4.69, 9.17) is 5.73 Å². The maximum Gasteiger partial charge on any atom is 0.229 e. The van der Waals surface area contributed by atoms with Crippen LogP contribution in [-0.2, 0) is 10.0 Å². The quantitative estimate of drug-likeness (QED) is 0.790. The van der Waals surface area contributed by atoms with Crippen molar-refractivity contribution in [3.8, 4) is 0 Å². The zero-order valence-corrected chi connectivity index (χ0v) is 9.01. The van der Waals surface area contributed by atoms with Crippen molar-refractivity contribution in [2.45, 2.75) is 13.0 Å². The van der Waals surface area contributed by atoms with Gasteiger partial charge in [-0.05, 0) is 24.6 Å². The number of sulfonamides is 1. The lowest BCUT2D eigenvalue weighted by atomic mass is 10.1. The highest BCUT2D eigenvalue weighted by Crippen LogP contribution is 2.14. The number of benzene rings is 1. The van der Waals surface area contributed by atoms with E-state index in [9.17, 15) is 8.42 Å². The highest BCUT2D eigenvalue weighted by molar-refractivity contribution is 7.92. The topological polar surface area (TPSA) is 72.2 Å². The van der Waals surface area contributed by atoms with E-state index in [-0.39, 0.29) is 6.04 Å². The van der Waals surface area contributed by atoms with Crippen molar-refractivity contribution in [3.63, 3.8) is 0 Å². The molecule has 3 N–H and O–H groups in total. The van der Waals surface area contributed by atoms with Crippen LogP contribution in [0.1, 0.15) is 18.5 Å². The molecule has 0 saturated carbocycles. The smallest absolute Gasteiger partial charge is 0.229 e. The van der Waals surface area contributed by atoms with E-state index >= 15 is 0 Å². The second-order valence-corrected chi connectivity index (χ2v) is 5.03. The van der Waals surface area contributed by atoms with Gasteiger partial charge in [-0.3, -0.25) is 4.72 Å². The fourth-order valence-electron chi connectivity index (χ4n) is 1.07. The van der Waals surface area contributed by atoms with Gasteiger partial charge >= 0.3 is 0 Å². The Morgan fingerprint density at radius 1 is 1.29 bits per heavy atom. The maximum absolute atomic E-state index is 10.9. The average molecular weight is 214 g/mol. The molecule has 0 amide bonds. The summed E-state index contributed by atoms with van der Waals surface area (Å²) in [6.45, 7) is 1.87. The van der Waals surface area contributed by atoms with Crippen molar-refractivity contribution >= 4 is 15.7 Å². The predicted molar refractivity (Wildman–Crippen MR) is 57.5 cm³/mol. The summed E-state index contributed by atoms with van der Waals surface area (Å²) in [7, 11) is -3.19. The highest BCUT2D eigenvalue weighted by Gasteiger charge is 2.02. The summed E-state index contributed by atoms with van der Waals surface area (Å²) in [6.07, 6.45) is 1.12. The van der Waals surface area contributed by atoms with Gasteiger partial charge in [0, 0.05) is 11.7 Å². The monoisotopic (exact) mass is 214 g/mol. The van der Waals surface area contributed by atoms with Gasteiger partial charge in [0.05, 0.1) is 6.26 Å². The van der Waals surface area contributed by atoms with Crippen LogP contribution in [0, 0.1) is 0 Å². The number of nitrogens with two attached hydrogens (primary N) is 1. The van der Waals surface area contributed by atoms with Crippen LogP contribution in [0.2, 0.25) is 0 Å². The van der Waals surface area contributed by atoms with Gasteiger partial charge in [0.2, 0.25) is 10.0 Å². The molecule has 0 unspecified atom stereocenters. The van der Waals surface area contributed by atoms with Crippen molar-refractivity contribution in [1.29, 1.82) is 0 Å². The Morgan fingerprint density at radius 2 is 1.79 bits per heavy atom. The first-order chi connectivity index (χ1) is 6.38. The molecule has 0 aliphatic rings. The fourth-order valence-corrected chi connectivity index (χ4v) is 1.63. The molecular formula is C9H14N2O2S. The molecule has 0 aliphatic carbocycles. The van der Waals surface area contributed by atoms with Crippen LogP contribution in [0.4, 0.5) is 5.69 Å². The van der Waals surface area contributed by atoms with Gasteiger partial charge < -0.3 is 5.73 Å². The third-order valence-electron chi connectivity index (χ3n) is 1.74. The van der Waals surface area contributed by atoms with Crippen molar-refractivity contribution in [2.75, 3.05) is 11.0 Å². The molecule has 0 spiro atoms. The van der Waals surface area contributed by atoms with Gasteiger partial charge in [0.25, 0.3) is 0 Å². The summed E-state index contributed by atoms with van der Waals surface area (Å²) in [4.78, 5) is 0. The van der Waals surface area contributed by atoms with Gasteiger partial charge in [-0.15, -0.1) is 0 Å². The lowest BCUT2D eigenvalue weighted by molar-refractivity contribution is 0.607. The maximum atomic E-state index is 10.9. The van der Waals surface area contributed by atoms with E-state index in [2.05, 4.69) is 4.72 Å². The molecule has 0 heterocycles. The zero-order chi connectivity index (χ0) is 10.8. The second kappa shape index (κ2) is 3.98.